The number of rotatable bonds is 3. The lowest BCUT2D eigenvalue weighted by Gasteiger charge is -2.18. The second kappa shape index (κ2) is 7.58. The molecule has 0 N–H and O–H groups in total. The molecule has 1 heterocycles. The van der Waals surface area contributed by atoms with Gasteiger partial charge in [-0.2, -0.15) is 5.26 Å². The average Bonchev–Trinajstić information content (AvgIpc) is 3.28. The van der Waals surface area contributed by atoms with Crippen molar-refractivity contribution in [1.82, 2.24) is 5.16 Å². The van der Waals surface area contributed by atoms with Gasteiger partial charge in [0.25, 0.3) is 5.91 Å². The maximum atomic E-state index is 12.8. The molecule has 0 unspecified atom stereocenters. The van der Waals surface area contributed by atoms with Crippen LogP contribution < -0.4 is 4.90 Å². The van der Waals surface area contributed by atoms with Gasteiger partial charge in [0.1, 0.15) is 5.69 Å². The quantitative estimate of drug-likeness (QED) is 0.466. The van der Waals surface area contributed by atoms with Gasteiger partial charge in [0.05, 0.1) is 11.6 Å². The molecule has 1 amide bonds. The normalized spacial score (nSPS) is 11.9. The topological polar surface area (TPSA) is 70.1 Å². The van der Waals surface area contributed by atoms with E-state index in [2.05, 4.69) is 29.4 Å². The first kappa shape index (κ1) is 18.8. The predicted octanol–water partition coefficient (Wildman–Crippen LogP) is 5.26. The van der Waals surface area contributed by atoms with Crippen LogP contribution >= 0.6 is 0 Å². The molecule has 1 aliphatic carbocycles. The molecule has 1 aliphatic rings. The lowest BCUT2D eigenvalue weighted by Crippen LogP contribution is -2.26. The maximum absolute atomic E-state index is 12.8. The number of hydrogen-bond acceptors (Lipinski definition) is 4. The molecule has 31 heavy (non-hydrogen) atoms. The summed E-state index contributed by atoms with van der Waals surface area (Å²) in [6.07, 6.45) is 1.86. The number of benzene rings is 3. The number of aryl methyl sites for hydroxylation is 1. The van der Waals surface area contributed by atoms with Gasteiger partial charge in [-0.05, 0) is 60.9 Å². The molecular weight excluding hydrogens is 386 g/mol. The second-order valence-corrected chi connectivity index (χ2v) is 7.60. The molecule has 0 saturated carbocycles. The van der Waals surface area contributed by atoms with Gasteiger partial charge in [0.2, 0.25) is 0 Å². The van der Waals surface area contributed by atoms with Crippen LogP contribution in [0.5, 0.6) is 0 Å². The Morgan fingerprint density at radius 2 is 1.84 bits per heavy atom. The first-order valence-corrected chi connectivity index (χ1v) is 10.1. The number of anilines is 1. The molecule has 3 aromatic carbocycles. The summed E-state index contributed by atoms with van der Waals surface area (Å²) in [5, 5.41) is 13.4. The van der Waals surface area contributed by atoms with E-state index in [1.165, 1.54) is 5.56 Å². The van der Waals surface area contributed by atoms with Crippen LogP contribution in [0.3, 0.4) is 0 Å². The average molecular weight is 405 g/mol. The molecular formula is C26H19N3O2. The molecule has 5 rings (SSSR count). The highest BCUT2D eigenvalue weighted by Crippen LogP contribution is 2.38. The van der Waals surface area contributed by atoms with Crippen molar-refractivity contribution in [2.45, 2.75) is 12.8 Å². The summed E-state index contributed by atoms with van der Waals surface area (Å²) in [4.78, 5) is 14.4. The second-order valence-electron chi connectivity index (χ2n) is 7.60. The van der Waals surface area contributed by atoms with E-state index in [4.69, 9.17) is 9.78 Å². The number of aromatic nitrogens is 1. The molecule has 0 bridgehead atoms. The van der Waals surface area contributed by atoms with Crippen molar-refractivity contribution < 1.29 is 9.32 Å². The highest BCUT2D eigenvalue weighted by atomic mass is 16.5. The highest BCUT2D eigenvalue weighted by molar-refractivity contribution is 6.06. The van der Waals surface area contributed by atoms with Gasteiger partial charge in [0.15, 0.2) is 5.76 Å². The summed E-state index contributed by atoms with van der Waals surface area (Å²) in [7, 11) is 1.73. The van der Waals surface area contributed by atoms with E-state index >= 15 is 0 Å². The number of carbonyl (C=O) groups excluding carboxylic acids is 1. The molecule has 0 fully saturated rings. The number of amides is 1. The molecule has 150 valence electrons. The standard InChI is InChI=1S/C26H19N3O2/c1-29(26(30)20-7-4-5-17(15-20)16-27)21-12-9-19(10-13-21)25-23-14-11-18-6-2-3-8-22(18)24(23)28-31-25/h2-10,12-13,15H,11,14H2,1H3. The minimum atomic E-state index is -0.168. The third-order valence-corrected chi connectivity index (χ3v) is 5.77. The minimum absolute atomic E-state index is 0.168. The first-order chi connectivity index (χ1) is 15.2. The summed E-state index contributed by atoms with van der Waals surface area (Å²) in [6, 6.07) is 24.8. The van der Waals surface area contributed by atoms with Gasteiger partial charge >= 0.3 is 0 Å². The van der Waals surface area contributed by atoms with Crippen molar-refractivity contribution in [2.75, 3.05) is 11.9 Å². The Labute approximate surface area is 180 Å². The van der Waals surface area contributed by atoms with E-state index in [1.54, 1.807) is 36.2 Å². The van der Waals surface area contributed by atoms with Crippen LogP contribution in [0, 0.1) is 11.3 Å². The molecule has 5 nitrogen and oxygen atoms in total. The third kappa shape index (κ3) is 3.28. The molecule has 0 aliphatic heterocycles. The number of nitriles is 1. The largest absolute Gasteiger partial charge is 0.355 e. The van der Waals surface area contributed by atoms with Crippen LogP contribution in [0.15, 0.2) is 77.3 Å². The molecule has 0 radical (unpaired) electrons. The smallest absolute Gasteiger partial charge is 0.258 e. The minimum Gasteiger partial charge on any atom is -0.355 e. The van der Waals surface area contributed by atoms with Crippen LogP contribution in [0.1, 0.15) is 27.0 Å². The van der Waals surface area contributed by atoms with Gasteiger partial charge in [-0.25, -0.2) is 0 Å². The zero-order valence-electron chi connectivity index (χ0n) is 17.0. The third-order valence-electron chi connectivity index (χ3n) is 5.77. The van der Waals surface area contributed by atoms with Gasteiger partial charge in [-0.3, -0.25) is 4.79 Å². The first-order valence-electron chi connectivity index (χ1n) is 10.1. The van der Waals surface area contributed by atoms with E-state index in [0.29, 0.717) is 11.1 Å². The molecule has 1 aromatic heterocycles. The van der Waals surface area contributed by atoms with Gasteiger partial charge in [-0.1, -0.05) is 35.5 Å². The number of carbonyl (C=O) groups is 1. The predicted molar refractivity (Wildman–Crippen MR) is 119 cm³/mol. The van der Waals surface area contributed by atoms with E-state index in [0.717, 1.165) is 46.7 Å². The zero-order valence-corrected chi connectivity index (χ0v) is 17.0. The lowest BCUT2D eigenvalue weighted by molar-refractivity contribution is 0.0993. The summed E-state index contributed by atoms with van der Waals surface area (Å²) in [5.41, 5.74) is 7.12. The number of fused-ring (bicyclic) bond motifs is 3. The van der Waals surface area contributed by atoms with Gasteiger partial charge < -0.3 is 9.42 Å². The Kier molecular flexibility index (Phi) is 4.61. The van der Waals surface area contributed by atoms with Gasteiger partial charge in [0, 0.05) is 35.0 Å². The van der Waals surface area contributed by atoms with Crippen molar-refractivity contribution in [1.29, 1.82) is 5.26 Å². The lowest BCUT2D eigenvalue weighted by atomic mass is 9.88. The Morgan fingerprint density at radius 1 is 1.03 bits per heavy atom. The molecule has 4 aromatic rings. The fraction of sp³-hybridized carbons (Fsp3) is 0.115. The van der Waals surface area contributed by atoms with Crippen LogP contribution in [-0.4, -0.2) is 18.1 Å². The SMILES string of the molecule is CN(C(=O)c1cccc(C#N)c1)c1ccc(-c2onc3c2CCc2ccccc2-3)cc1. The van der Waals surface area contributed by atoms with E-state index in [9.17, 15) is 4.79 Å². The van der Waals surface area contributed by atoms with Crippen LogP contribution in [0.2, 0.25) is 0 Å². The fourth-order valence-electron chi connectivity index (χ4n) is 4.08. The van der Waals surface area contributed by atoms with Crippen molar-refractivity contribution in [3.8, 4) is 28.7 Å². The van der Waals surface area contributed by atoms with Crippen LogP contribution in [-0.2, 0) is 12.8 Å². The molecule has 0 saturated heterocycles. The summed E-state index contributed by atoms with van der Waals surface area (Å²) in [6.45, 7) is 0. The van der Waals surface area contributed by atoms with E-state index in [1.807, 2.05) is 30.3 Å². The van der Waals surface area contributed by atoms with Crippen molar-refractivity contribution >= 4 is 11.6 Å². The van der Waals surface area contributed by atoms with Crippen LogP contribution in [0.25, 0.3) is 22.6 Å². The Morgan fingerprint density at radius 3 is 2.65 bits per heavy atom. The monoisotopic (exact) mass is 405 g/mol. The number of nitrogens with zero attached hydrogens (tertiary/aromatic N) is 3. The molecule has 0 atom stereocenters. The zero-order chi connectivity index (χ0) is 21.4. The highest BCUT2D eigenvalue weighted by Gasteiger charge is 2.24. The Balaban J connectivity index is 1.42. The summed E-state index contributed by atoms with van der Waals surface area (Å²) >= 11 is 0. The number of hydrogen-bond donors (Lipinski definition) is 0. The Hall–Kier alpha value is -4.17. The molecule has 0 spiro atoms. The summed E-state index contributed by atoms with van der Waals surface area (Å²) < 4.78 is 5.74. The van der Waals surface area contributed by atoms with Crippen molar-refractivity contribution in [3.05, 3.63) is 95.1 Å². The molecule has 5 heteroatoms. The van der Waals surface area contributed by atoms with Crippen molar-refractivity contribution in [3.63, 3.8) is 0 Å². The van der Waals surface area contributed by atoms with Crippen LogP contribution in [0.4, 0.5) is 5.69 Å². The van der Waals surface area contributed by atoms with Gasteiger partial charge in [-0.15, -0.1) is 0 Å². The van der Waals surface area contributed by atoms with E-state index < -0.39 is 0 Å². The summed E-state index contributed by atoms with van der Waals surface area (Å²) in [5.74, 6) is 0.616. The fourth-order valence-corrected chi connectivity index (χ4v) is 4.08. The maximum Gasteiger partial charge on any atom is 0.258 e. The van der Waals surface area contributed by atoms with Crippen molar-refractivity contribution in [2.24, 2.45) is 0 Å². The Bertz CT molecular complexity index is 1330. The van der Waals surface area contributed by atoms with E-state index in [-0.39, 0.29) is 5.91 Å².